The summed E-state index contributed by atoms with van der Waals surface area (Å²) < 4.78 is 43.6. The van der Waals surface area contributed by atoms with Crippen LogP contribution in [0.25, 0.3) is 0 Å². The molecule has 31 heavy (non-hydrogen) atoms. The summed E-state index contributed by atoms with van der Waals surface area (Å²) >= 11 is 0. The van der Waals surface area contributed by atoms with Crippen molar-refractivity contribution in [3.8, 4) is 11.5 Å². The van der Waals surface area contributed by atoms with E-state index in [1.54, 1.807) is 31.2 Å². The van der Waals surface area contributed by atoms with Crippen molar-refractivity contribution in [3.63, 3.8) is 0 Å². The van der Waals surface area contributed by atoms with Gasteiger partial charge >= 0.3 is 5.97 Å². The number of sulfonamides is 1. The molecule has 0 bridgehead atoms. The van der Waals surface area contributed by atoms with Crippen molar-refractivity contribution in [2.75, 3.05) is 32.9 Å². The molecule has 0 aliphatic carbocycles. The molecule has 0 atom stereocenters. The van der Waals surface area contributed by atoms with Gasteiger partial charge in [-0.05, 0) is 68.7 Å². The number of hydrogen-bond acceptors (Lipinski definition) is 6. The Hall–Kier alpha value is -2.58. The molecular weight excluding hydrogens is 418 g/mol. The van der Waals surface area contributed by atoms with Crippen LogP contribution in [0, 0.1) is 6.92 Å². The molecule has 1 aliphatic heterocycles. The van der Waals surface area contributed by atoms with Gasteiger partial charge in [0, 0.05) is 13.1 Å². The Labute approximate surface area is 184 Å². The molecule has 1 saturated heterocycles. The summed E-state index contributed by atoms with van der Waals surface area (Å²) in [4.78, 5) is 12.7. The van der Waals surface area contributed by atoms with Crippen LogP contribution >= 0.6 is 0 Å². The van der Waals surface area contributed by atoms with E-state index in [1.165, 1.54) is 10.4 Å². The second-order valence-corrected chi connectivity index (χ2v) is 9.27. The van der Waals surface area contributed by atoms with Gasteiger partial charge < -0.3 is 14.2 Å². The number of hydrogen-bond donors (Lipinski definition) is 0. The van der Waals surface area contributed by atoms with E-state index in [9.17, 15) is 13.2 Å². The third kappa shape index (κ3) is 5.98. The van der Waals surface area contributed by atoms with Crippen molar-refractivity contribution in [1.29, 1.82) is 0 Å². The standard InChI is InChI=1S/C23H29NO6S/c1-3-28-19-8-10-20(11-9-19)29-15-16-30-23(25)22-17-21(12-7-18(22)2)31(26,27)24-13-5-4-6-14-24/h7-12,17H,3-6,13-16H2,1-2H3. The van der Waals surface area contributed by atoms with E-state index >= 15 is 0 Å². The van der Waals surface area contributed by atoms with Crippen LogP contribution in [0.15, 0.2) is 47.4 Å². The minimum Gasteiger partial charge on any atom is -0.494 e. The summed E-state index contributed by atoms with van der Waals surface area (Å²) in [6.45, 7) is 5.52. The van der Waals surface area contributed by atoms with E-state index in [2.05, 4.69) is 0 Å². The normalized spacial score (nSPS) is 14.8. The van der Waals surface area contributed by atoms with Crippen LogP contribution in [0.3, 0.4) is 0 Å². The molecule has 0 aromatic heterocycles. The number of rotatable bonds is 9. The number of carbonyl (C=O) groups excluding carboxylic acids is 1. The molecular formula is C23H29NO6S. The highest BCUT2D eigenvalue weighted by Crippen LogP contribution is 2.23. The van der Waals surface area contributed by atoms with Crippen molar-refractivity contribution in [2.24, 2.45) is 0 Å². The van der Waals surface area contributed by atoms with Crippen LogP contribution in [0.2, 0.25) is 0 Å². The summed E-state index contributed by atoms with van der Waals surface area (Å²) in [5, 5.41) is 0. The molecule has 1 fully saturated rings. The molecule has 0 N–H and O–H groups in total. The Morgan fingerprint density at radius 2 is 1.58 bits per heavy atom. The molecule has 0 spiro atoms. The molecule has 2 aromatic rings. The van der Waals surface area contributed by atoms with Crippen molar-refractivity contribution in [2.45, 2.75) is 38.0 Å². The molecule has 1 aliphatic rings. The zero-order valence-electron chi connectivity index (χ0n) is 18.0. The predicted molar refractivity (Wildman–Crippen MR) is 117 cm³/mol. The first-order chi connectivity index (χ1) is 14.9. The zero-order valence-corrected chi connectivity index (χ0v) is 18.8. The van der Waals surface area contributed by atoms with Gasteiger partial charge in [0.15, 0.2) is 0 Å². The first-order valence-electron chi connectivity index (χ1n) is 10.6. The maximum Gasteiger partial charge on any atom is 0.338 e. The number of carbonyl (C=O) groups is 1. The van der Waals surface area contributed by atoms with Crippen molar-refractivity contribution in [3.05, 3.63) is 53.6 Å². The van der Waals surface area contributed by atoms with E-state index in [4.69, 9.17) is 14.2 Å². The summed E-state index contributed by atoms with van der Waals surface area (Å²) in [7, 11) is -3.61. The van der Waals surface area contributed by atoms with Crippen molar-refractivity contribution >= 4 is 16.0 Å². The van der Waals surface area contributed by atoms with E-state index in [1.807, 2.05) is 19.1 Å². The lowest BCUT2D eigenvalue weighted by Gasteiger charge is -2.26. The number of aryl methyl sites for hydroxylation is 1. The van der Waals surface area contributed by atoms with E-state index < -0.39 is 16.0 Å². The summed E-state index contributed by atoms with van der Waals surface area (Å²) in [5.74, 6) is 0.838. The van der Waals surface area contributed by atoms with Gasteiger partial charge in [0.25, 0.3) is 0 Å². The maximum atomic E-state index is 12.9. The lowest BCUT2D eigenvalue weighted by atomic mass is 10.1. The molecule has 1 heterocycles. The SMILES string of the molecule is CCOc1ccc(OCCOC(=O)c2cc(S(=O)(=O)N3CCCCC3)ccc2C)cc1. The van der Waals surface area contributed by atoms with Gasteiger partial charge in [-0.1, -0.05) is 12.5 Å². The van der Waals surface area contributed by atoms with E-state index in [0.29, 0.717) is 31.0 Å². The van der Waals surface area contributed by atoms with Crippen molar-refractivity contribution in [1.82, 2.24) is 4.31 Å². The highest BCUT2D eigenvalue weighted by Gasteiger charge is 2.27. The van der Waals surface area contributed by atoms with E-state index in [0.717, 1.165) is 25.0 Å². The topological polar surface area (TPSA) is 82.1 Å². The van der Waals surface area contributed by atoms with Gasteiger partial charge in [0.1, 0.15) is 24.7 Å². The average Bonchev–Trinajstić information content (AvgIpc) is 2.78. The zero-order chi connectivity index (χ0) is 22.3. The van der Waals surface area contributed by atoms with Gasteiger partial charge in [0.05, 0.1) is 17.1 Å². The largest absolute Gasteiger partial charge is 0.494 e. The van der Waals surface area contributed by atoms with Gasteiger partial charge in [-0.2, -0.15) is 4.31 Å². The molecule has 168 valence electrons. The Morgan fingerprint density at radius 1 is 0.935 bits per heavy atom. The highest BCUT2D eigenvalue weighted by atomic mass is 32.2. The third-order valence-electron chi connectivity index (χ3n) is 5.10. The quantitative estimate of drug-likeness (QED) is 0.430. The first-order valence-corrected chi connectivity index (χ1v) is 12.0. The smallest absolute Gasteiger partial charge is 0.338 e. The second kappa shape index (κ2) is 10.6. The summed E-state index contributed by atoms with van der Waals surface area (Å²) in [6.07, 6.45) is 2.75. The van der Waals surface area contributed by atoms with Gasteiger partial charge in [-0.25, -0.2) is 13.2 Å². The number of piperidine rings is 1. The third-order valence-corrected chi connectivity index (χ3v) is 7.00. The number of benzene rings is 2. The van der Waals surface area contributed by atoms with Gasteiger partial charge in [-0.15, -0.1) is 0 Å². The Bertz CT molecular complexity index is 982. The van der Waals surface area contributed by atoms with E-state index in [-0.39, 0.29) is 23.7 Å². The average molecular weight is 448 g/mol. The fourth-order valence-corrected chi connectivity index (χ4v) is 4.95. The minimum atomic E-state index is -3.61. The number of esters is 1. The molecule has 3 rings (SSSR count). The van der Waals surface area contributed by atoms with Gasteiger partial charge in [0.2, 0.25) is 10.0 Å². The summed E-state index contributed by atoms with van der Waals surface area (Å²) in [5.41, 5.74) is 0.911. The Balaban J connectivity index is 1.58. The van der Waals surface area contributed by atoms with Crippen LogP contribution in [0.1, 0.15) is 42.1 Å². The lowest BCUT2D eigenvalue weighted by Crippen LogP contribution is -2.35. The molecule has 0 saturated carbocycles. The number of ether oxygens (including phenoxy) is 3. The fraction of sp³-hybridized carbons (Fsp3) is 0.435. The van der Waals surface area contributed by atoms with Crippen LogP contribution < -0.4 is 9.47 Å². The van der Waals surface area contributed by atoms with Gasteiger partial charge in [-0.3, -0.25) is 0 Å². The maximum absolute atomic E-state index is 12.9. The minimum absolute atomic E-state index is 0.0502. The predicted octanol–water partition coefficient (Wildman–Crippen LogP) is 3.80. The molecule has 0 amide bonds. The van der Waals surface area contributed by atoms with Crippen LogP contribution in [0.4, 0.5) is 0 Å². The Morgan fingerprint density at radius 3 is 2.23 bits per heavy atom. The Kier molecular flexibility index (Phi) is 7.92. The molecule has 8 heteroatoms. The highest BCUT2D eigenvalue weighted by molar-refractivity contribution is 7.89. The number of nitrogens with zero attached hydrogens (tertiary/aromatic N) is 1. The second-order valence-electron chi connectivity index (χ2n) is 7.33. The lowest BCUT2D eigenvalue weighted by molar-refractivity contribution is 0.0449. The molecule has 0 unspecified atom stereocenters. The molecule has 7 nitrogen and oxygen atoms in total. The van der Waals surface area contributed by atoms with Crippen LogP contribution in [0.5, 0.6) is 11.5 Å². The molecule has 2 aromatic carbocycles. The van der Waals surface area contributed by atoms with Crippen molar-refractivity contribution < 1.29 is 27.4 Å². The monoisotopic (exact) mass is 447 g/mol. The van der Waals surface area contributed by atoms with Crippen LogP contribution in [-0.2, 0) is 14.8 Å². The fourth-order valence-electron chi connectivity index (χ4n) is 3.41. The molecule has 0 radical (unpaired) electrons. The van der Waals surface area contributed by atoms with Crippen LogP contribution in [-0.4, -0.2) is 51.6 Å². The first kappa shape index (κ1) is 23.1. The summed E-state index contributed by atoms with van der Waals surface area (Å²) in [6, 6.07) is 11.8.